The largest absolute Gasteiger partial charge is 0.325 e. The number of rotatable bonds is 5. The lowest BCUT2D eigenvalue weighted by molar-refractivity contribution is -0.115. The third-order valence-corrected chi connectivity index (χ3v) is 6.02. The van der Waals surface area contributed by atoms with Crippen LogP contribution in [0.2, 0.25) is 0 Å². The van der Waals surface area contributed by atoms with Crippen molar-refractivity contribution >= 4 is 34.3 Å². The molecule has 0 unspecified atom stereocenters. The van der Waals surface area contributed by atoms with Gasteiger partial charge < -0.3 is 5.32 Å². The van der Waals surface area contributed by atoms with E-state index < -0.39 is 0 Å². The maximum absolute atomic E-state index is 12.6. The lowest BCUT2D eigenvalue weighted by Crippen LogP contribution is -2.15. The molecular weight excluding hydrogens is 372 g/mol. The molecule has 2 aromatic heterocycles. The van der Waals surface area contributed by atoms with Gasteiger partial charge in [0.2, 0.25) is 5.91 Å². The van der Waals surface area contributed by atoms with Crippen LogP contribution in [-0.2, 0) is 11.2 Å². The predicted octanol–water partition coefficient (Wildman–Crippen LogP) is 6.03. The van der Waals surface area contributed by atoms with Gasteiger partial charge in [-0.05, 0) is 24.4 Å². The highest BCUT2D eigenvalue weighted by Gasteiger charge is 2.12. The van der Waals surface area contributed by atoms with E-state index in [4.69, 9.17) is 0 Å². The van der Waals surface area contributed by atoms with Gasteiger partial charge in [0.25, 0.3) is 0 Å². The first-order valence-corrected chi connectivity index (χ1v) is 10.4. The molecule has 0 aliphatic carbocycles. The predicted molar refractivity (Wildman–Crippen MR) is 114 cm³/mol. The van der Waals surface area contributed by atoms with Crippen LogP contribution in [0.1, 0.15) is 11.3 Å². The molecule has 1 N–H and O–H groups in total. The number of carbonyl (C=O) groups is 1. The molecule has 0 fully saturated rings. The van der Waals surface area contributed by atoms with Crippen LogP contribution in [-0.4, -0.2) is 10.9 Å². The Bertz CT molecular complexity index is 1050. The molecule has 0 bridgehead atoms. The molecule has 2 heterocycles. The van der Waals surface area contributed by atoms with E-state index in [1.54, 1.807) is 22.7 Å². The maximum atomic E-state index is 12.6. The summed E-state index contributed by atoms with van der Waals surface area (Å²) in [5.41, 5.74) is 4.97. The molecule has 0 radical (unpaired) electrons. The number of aryl methyl sites for hydroxylation is 1. The number of nitrogens with one attached hydrogen (secondary N) is 1. The van der Waals surface area contributed by atoms with Crippen LogP contribution in [0.25, 0.3) is 21.0 Å². The van der Waals surface area contributed by atoms with E-state index in [-0.39, 0.29) is 12.3 Å². The van der Waals surface area contributed by atoms with E-state index in [0.717, 1.165) is 32.4 Å². The summed E-state index contributed by atoms with van der Waals surface area (Å²) >= 11 is 3.23. The fourth-order valence-electron chi connectivity index (χ4n) is 2.81. The van der Waals surface area contributed by atoms with Crippen LogP contribution in [0.15, 0.2) is 71.4 Å². The molecule has 0 spiro atoms. The minimum atomic E-state index is -0.0558. The number of hydrogen-bond donors (Lipinski definition) is 1. The Labute approximate surface area is 166 Å². The van der Waals surface area contributed by atoms with E-state index in [9.17, 15) is 4.79 Å². The normalized spacial score (nSPS) is 10.7. The summed E-state index contributed by atoms with van der Waals surface area (Å²) in [7, 11) is 0. The van der Waals surface area contributed by atoms with E-state index >= 15 is 0 Å². The van der Waals surface area contributed by atoms with Gasteiger partial charge in [-0.1, -0.05) is 54.1 Å². The van der Waals surface area contributed by atoms with Crippen molar-refractivity contribution in [3.05, 3.63) is 82.7 Å². The standard InChI is InChI=1S/C22H18N2OS2/c1-15-8-10-16(11-9-15)22-23-17(14-27-22)13-21(25)24-19-6-3-2-5-18(19)20-7-4-12-26-20/h2-12,14H,13H2,1H3,(H,24,25). The second-order valence-electron chi connectivity index (χ2n) is 6.26. The summed E-state index contributed by atoms with van der Waals surface area (Å²) in [6, 6.07) is 20.2. The molecule has 27 heavy (non-hydrogen) atoms. The van der Waals surface area contributed by atoms with Gasteiger partial charge >= 0.3 is 0 Å². The average molecular weight is 391 g/mol. The molecular formula is C22H18N2OS2. The Morgan fingerprint density at radius 2 is 1.81 bits per heavy atom. The van der Waals surface area contributed by atoms with Gasteiger partial charge in [-0.15, -0.1) is 22.7 Å². The third kappa shape index (κ3) is 4.15. The lowest BCUT2D eigenvalue weighted by Gasteiger charge is -2.09. The van der Waals surface area contributed by atoms with Crippen LogP contribution in [0.4, 0.5) is 5.69 Å². The number of anilines is 1. The molecule has 5 heteroatoms. The third-order valence-electron chi connectivity index (χ3n) is 4.18. The molecule has 0 saturated heterocycles. The van der Waals surface area contributed by atoms with E-state index in [1.807, 2.05) is 41.1 Å². The van der Waals surface area contributed by atoms with Crippen LogP contribution in [0.3, 0.4) is 0 Å². The number of benzene rings is 2. The molecule has 3 nitrogen and oxygen atoms in total. The molecule has 1 amide bonds. The first-order valence-electron chi connectivity index (χ1n) is 8.63. The van der Waals surface area contributed by atoms with Crippen molar-refractivity contribution in [2.45, 2.75) is 13.3 Å². The second kappa shape index (κ2) is 7.86. The van der Waals surface area contributed by atoms with Crippen molar-refractivity contribution in [2.24, 2.45) is 0 Å². The molecule has 0 saturated carbocycles. The van der Waals surface area contributed by atoms with Crippen molar-refractivity contribution in [3.8, 4) is 21.0 Å². The van der Waals surface area contributed by atoms with Gasteiger partial charge in [0.15, 0.2) is 0 Å². The van der Waals surface area contributed by atoms with Gasteiger partial charge in [-0.25, -0.2) is 4.98 Å². The fraction of sp³-hybridized carbons (Fsp3) is 0.0909. The van der Waals surface area contributed by atoms with Crippen LogP contribution in [0.5, 0.6) is 0 Å². The summed E-state index contributed by atoms with van der Waals surface area (Å²) < 4.78 is 0. The molecule has 134 valence electrons. The zero-order valence-corrected chi connectivity index (χ0v) is 16.4. The van der Waals surface area contributed by atoms with Crippen LogP contribution < -0.4 is 5.32 Å². The number of thiophene rings is 1. The number of thiazole rings is 1. The van der Waals surface area contributed by atoms with Gasteiger partial charge in [-0.2, -0.15) is 0 Å². The number of aromatic nitrogens is 1. The van der Waals surface area contributed by atoms with E-state index in [2.05, 4.69) is 47.6 Å². The molecule has 2 aromatic carbocycles. The smallest absolute Gasteiger partial charge is 0.230 e. The van der Waals surface area contributed by atoms with E-state index in [0.29, 0.717) is 0 Å². The van der Waals surface area contributed by atoms with Crippen molar-refractivity contribution in [3.63, 3.8) is 0 Å². The quantitative estimate of drug-likeness (QED) is 0.452. The zero-order valence-electron chi connectivity index (χ0n) is 14.8. The first kappa shape index (κ1) is 17.6. The number of para-hydroxylation sites is 1. The lowest BCUT2D eigenvalue weighted by atomic mass is 10.1. The Morgan fingerprint density at radius 1 is 1.00 bits per heavy atom. The topological polar surface area (TPSA) is 42.0 Å². The van der Waals surface area contributed by atoms with Gasteiger partial charge in [0.05, 0.1) is 12.1 Å². The summed E-state index contributed by atoms with van der Waals surface area (Å²) in [4.78, 5) is 18.3. The molecule has 4 rings (SSSR count). The highest BCUT2D eigenvalue weighted by molar-refractivity contribution is 7.13. The fourth-order valence-corrected chi connectivity index (χ4v) is 4.41. The van der Waals surface area contributed by atoms with Crippen LogP contribution in [0, 0.1) is 6.92 Å². The Hall–Kier alpha value is -2.76. The number of hydrogen-bond acceptors (Lipinski definition) is 4. The first-order chi connectivity index (χ1) is 13.2. The maximum Gasteiger partial charge on any atom is 0.230 e. The van der Waals surface area contributed by atoms with Crippen molar-refractivity contribution in [1.29, 1.82) is 0 Å². The SMILES string of the molecule is Cc1ccc(-c2nc(CC(=O)Nc3ccccc3-c3cccs3)cs2)cc1. The number of amides is 1. The monoisotopic (exact) mass is 390 g/mol. The molecule has 0 aliphatic rings. The Morgan fingerprint density at radius 3 is 2.59 bits per heavy atom. The minimum absolute atomic E-state index is 0.0558. The molecule has 0 atom stereocenters. The highest BCUT2D eigenvalue weighted by atomic mass is 32.1. The summed E-state index contributed by atoms with van der Waals surface area (Å²) in [5.74, 6) is -0.0558. The zero-order chi connectivity index (χ0) is 18.6. The Balaban J connectivity index is 1.47. The van der Waals surface area contributed by atoms with Crippen molar-refractivity contribution < 1.29 is 4.79 Å². The van der Waals surface area contributed by atoms with E-state index in [1.165, 1.54) is 5.56 Å². The van der Waals surface area contributed by atoms with Gasteiger partial charge in [0, 0.05) is 27.1 Å². The molecule has 0 aliphatic heterocycles. The second-order valence-corrected chi connectivity index (χ2v) is 8.06. The summed E-state index contributed by atoms with van der Waals surface area (Å²) in [5, 5.41) is 7.97. The highest BCUT2D eigenvalue weighted by Crippen LogP contribution is 2.31. The minimum Gasteiger partial charge on any atom is -0.325 e. The van der Waals surface area contributed by atoms with Crippen molar-refractivity contribution in [2.75, 3.05) is 5.32 Å². The Kier molecular flexibility index (Phi) is 5.14. The van der Waals surface area contributed by atoms with Gasteiger partial charge in [0.1, 0.15) is 5.01 Å². The number of nitrogens with zero attached hydrogens (tertiary/aromatic N) is 1. The summed E-state index contributed by atoms with van der Waals surface area (Å²) in [6.45, 7) is 2.06. The summed E-state index contributed by atoms with van der Waals surface area (Å²) in [6.07, 6.45) is 0.265. The average Bonchev–Trinajstić information content (AvgIpc) is 3.35. The van der Waals surface area contributed by atoms with Crippen molar-refractivity contribution in [1.82, 2.24) is 4.98 Å². The van der Waals surface area contributed by atoms with Gasteiger partial charge in [-0.3, -0.25) is 4.79 Å². The van der Waals surface area contributed by atoms with Crippen LogP contribution >= 0.6 is 22.7 Å². The number of carbonyl (C=O) groups excluding carboxylic acids is 1. The molecule has 4 aromatic rings.